The fourth-order valence-electron chi connectivity index (χ4n) is 3.94. The number of benzene rings is 2. The molecule has 1 amide bonds. The van der Waals surface area contributed by atoms with E-state index in [-0.39, 0.29) is 18.1 Å². The quantitative estimate of drug-likeness (QED) is 0.812. The zero-order valence-corrected chi connectivity index (χ0v) is 17.1. The van der Waals surface area contributed by atoms with E-state index < -0.39 is 17.6 Å². The van der Waals surface area contributed by atoms with E-state index in [1.165, 1.54) is 0 Å². The number of carboxylic acids is 1. The summed E-state index contributed by atoms with van der Waals surface area (Å²) in [6.45, 7) is 6.45. The van der Waals surface area contributed by atoms with E-state index in [2.05, 4.69) is 0 Å². The fraction of sp³-hybridized carbons (Fsp3) is 0.391. The monoisotopic (exact) mass is 396 g/mol. The number of carbonyl (C=O) groups excluding carboxylic acids is 1. The molecule has 2 N–H and O–H groups in total. The molecule has 6 heteroatoms. The second-order valence-electron chi connectivity index (χ2n) is 8.38. The second kappa shape index (κ2) is 8.25. The fourth-order valence-corrected chi connectivity index (χ4v) is 3.94. The number of nitrogens with zero attached hydrogens (tertiary/aromatic N) is 2. The lowest BCUT2D eigenvalue weighted by molar-refractivity contribution is -0.134. The highest BCUT2D eigenvalue weighted by atomic mass is 16.4. The zero-order chi connectivity index (χ0) is 21.2. The normalized spacial score (nSPS) is 17.1. The smallest absolute Gasteiger partial charge is 0.335 e. The van der Waals surface area contributed by atoms with Gasteiger partial charge < -0.3 is 20.0 Å². The van der Waals surface area contributed by atoms with Crippen LogP contribution in [-0.2, 0) is 17.8 Å². The number of rotatable bonds is 5. The first kappa shape index (κ1) is 20.9. The summed E-state index contributed by atoms with van der Waals surface area (Å²) < 4.78 is 0. The van der Waals surface area contributed by atoms with Gasteiger partial charge in [0.2, 0.25) is 5.91 Å². The lowest BCUT2D eigenvalue weighted by Crippen LogP contribution is -2.56. The molecule has 1 aliphatic heterocycles. The van der Waals surface area contributed by atoms with Crippen LogP contribution in [0, 0.1) is 0 Å². The van der Waals surface area contributed by atoms with Gasteiger partial charge in [-0.2, -0.15) is 0 Å². The molecule has 2 aromatic rings. The Hall–Kier alpha value is -2.86. The maximum absolute atomic E-state index is 13.4. The van der Waals surface area contributed by atoms with Gasteiger partial charge >= 0.3 is 5.97 Å². The van der Waals surface area contributed by atoms with Gasteiger partial charge in [0.15, 0.2) is 0 Å². The van der Waals surface area contributed by atoms with E-state index in [0.29, 0.717) is 19.5 Å². The SMILES string of the molecule is CC(C)(C)N1c2ccc(C(=O)O)cc2CN(CCc2ccccc2)C(=O)[C@H]1CO. The Bertz CT molecular complexity index is 889. The van der Waals surface area contributed by atoms with Gasteiger partial charge in [0.1, 0.15) is 6.04 Å². The number of anilines is 1. The molecule has 3 rings (SSSR count). The Kier molecular flexibility index (Phi) is 5.94. The van der Waals surface area contributed by atoms with E-state index >= 15 is 0 Å². The minimum Gasteiger partial charge on any atom is -0.478 e. The molecular weight excluding hydrogens is 368 g/mol. The maximum atomic E-state index is 13.4. The van der Waals surface area contributed by atoms with E-state index in [9.17, 15) is 19.8 Å². The highest BCUT2D eigenvalue weighted by Gasteiger charge is 2.39. The molecule has 0 saturated carbocycles. The van der Waals surface area contributed by atoms with Crippen LogP contribution in [0.5, 0.6) is 0 Å². The predicted octanol–water partition coefficient (Wildman–Crippen LogP) is 2.94. The summed E-state index contributed by atoms with van der Waals surface area (Å²) in [5.74, 6) is -1.15. The molecule has 0 spiro atoms. The first-order valence-corrected chi connectivity index (χ1v) is 9.81. The predicted molar refractivity (Wildman–Crippen MR) is 112 cm³/mol. The Labute approximate surface area is 171 Å². The number of fused-ring (bicyclic) bond motifs is 1. The Balaban J connectivity index is 2.02. The summed E-state index contributed by atoms with van der Waals surface area (Å²) in [4.78, 5) is 28.5. The van der Waals surface area contributed by atoms with Crippen molar-refractivity contribution in [2.24, 2.45) is 0 Å². The maximum Gasteiger partial charge on any atom is 0.335 e. The van der Waals surface area contributed by atoms with Gasteiger partial charge in [-0.15, -0.1) is 0 Å². The van der Waals surface area contributed by atoms with Crippen LogP contribution in [0.3, 0.4) is 0 Å². The molecule has 0 unspecified atom stereocenters. The van der Waals surface area contributed by atoms with Crippen LogP contribution >= 0.6 is 0 Å². The molecule has 1 atom stereocenters. The van der Waals surface area contributed by atoms with Crippen molar-refractivity contribution in [3.63, 3.8) is 0 Å². The van der Waals surface area contributed by atoms with Crippen LogP contribution in [0.2, 0.25) is 0 Å². The molecule has 154 valence electrons. The molecule has 0 aromatic heterocycles. The average molecular weight is 396 g/mol. The number of carboxylic acid groups (broad SMARTS) is 1. The molecule has 1 heterocycles. The molecule has 0 saturated heterocycles. The second-order valence-corrected chi connectivity index (χ2v) is 8.38. The topological polar surface area (TPSA) is 81.1 Å². The van der Waals surface area contributed by atoms with Gasteiger partial charge in [-0.3, -0.25) is 4.79 Å². The molecule has 0 fully saturated rings. The van der Waals surface area contributed by atoms with Crippen LogP contribution in [-0.4, -0.2) is 51.7 Å². The summed E-state index contributed by atoms with van der Waals surface area (Å²) in [7, 11) is 0. The average Bonchev–Trinajstić information content (AvgIpc) is 2.80. The van der Waals surface area contributed by atoms with Gasteiger partial charge in [0.05, 0.1) is 12.2 Å². The van der Waals surface area contributed by atoms with Crippen LogP contribution in [0.15, 0.2) is 48.5 Å². The van der Waals surface area contributed by atoms with Crippen molar-refractivity contribution in [2.75, 3.05) is 18.1 Å². The Morgan fingerprint density at radius 2 is 1.83 bits per heavy atom. The van der Waals surface area contributed by atoms with E-state index in [1.807, 2.05) is 56.0 Å². The van der Waals surface area contributed by atoms with Crippen molar-refractivity contribution in [1.29, 1.82) is 0 Å². The van der Waals surface area contributed by atoms with E-state index in [0.717, 1.165) is 16.8 Å². The van der Waals surface area contributed by atoms with Crippen LogP contribution in [0.25, 0.3) is 0 Å². The molecule has 0 bridgehead atoms. The molecule has 0 aliphatic carbocycles. The Morgan fingerprint density at radius 1 is 1.14 bits per heavy atom. The number of carbonyl (C=O) groups is 2. The van der Waals surface area contributed by atoms with E-state index in [1.54, 1.807) is 23.1 Å². The van der Waals surface area contributed by atoms with Crippen molar-refractivity contribution >= 4 is 17.6 Å². The lowest BCUT2D eigenvalue weighted by atomic mass is 9.99. The molecule has 2 aromatic carbocycles. The first-order chi connectivity index (χ1) is 13.7. The lowest BCUT2D eigenvalue weighted by Gasteiger charge is -2.42. The van der Waals surface area contributed by atoms with Crippen LogP contribution < -0.4 is 4.90 Å². The summed E-state index contributed by atoms with van der Waals surface area (Å²) in [5.41, 5.74) is 2.44. The van der Waals surface area contributed by atoms with Crippen molar-refractivity contribution < 1.29 is 19.8 Å². The van der Waals surface area contributed by atoms with Gasteiger partial charge in [-0.05, 0) is 56.5 Å². The molecular formula is C23H28N2O4. The number of aliphatic hydroxyl groups is 1. The zero-order valence-electron chi connectivity index (χ0n) is 17.1. The van der Waals surface area contributed by atoms with Gasteiger partial charge in [0, 0.05) is 24.3 Å². The molecule has 0 radical (unpaired) electrons. The van der Waals surface area contributed by atoms with Crippen molar-refractivity contribution in [2.45, 2.75) is 45.3 Å². The standard InChI is InChI=1S/C23H28N2O4/c1-23(2,3)25-19-10-9-17(22(28)29)13-18(19)14-24(21(27)20(25)15-26)12-11-16-7-5-4-6-8-16/h4-10,13,20,26H,11-12,14-15H2,1-3H3,(H,28,29)/t20-/m1/s1. The molecule has 1 aliphatic rings. The highest BCUT2D eigenvalue weighted by molar-refractivity contribution is 5.91. The number of aromatic carboxylic acids is 1. The van der Waals surface area contributed by atoms with Crippen molar-refractivity contribution in [3.05, 3.63) is 65.2 Å². The first-order valence-electron chi connectivity index (χ1n) is 9.81. The van der Waals surface area contributed by atoms with Gasteiger partial charge in [-0.25, -0.2) is 4.79 Å². The minimum atomic E-state index is -1.000. The summed E-state index contributed by atoms with van der Waals surface area (Å²) in [5, 5.41) is 19.5. The minimum absolute atomic E-state index is 0.147. The largest absolute Gasteiger partial charge is 0.478 e. The number of amides is 1. The summed E-state index contributed by atoms with van der Waals surface area (Å²) >= 11 is 0. The number of hydrogen-bond donors (Lipinski definition) is 2. The number of hydrogen-bond acceptors (Lipinski definition) is 4. The Morgan fingerprint density at radius 3 is 2.41 bits per heavy atom. The van der Waals surface area contributed by atoms with Gasteiger partial charge in [-0.1, -0.05) is 30.3 Å². The summed E-state index contributed by atoms with van der Waals surface area (Å²) in [6, 6.07) is 14.1. The van der Waals surface area contributed by atoms with Crippen LogP contribution in [0.1, 0.15) is 42.3 Å². The third kappa shape index (κ3) is 4.43. The van der Waals surface area contributed by atoms with Crippen LogP contribution in [0.4, 0.5) is 5.69 Å². The molecule has 29 heavy (non-hydrogen) atoms. The van der Waals surface area contributed by atoms with Crippen molar-refractivity contribution in [1.82, 2.24) is 4.90 Å². The third-order valence-electron chi connectivity index (χ3n) is 5.26. The van der Waals surface area contributed by atoms with Crippen molar-refractivity contribution in [3.8, 4) is 0 Å². The molecule has 6 nitrogen and oxygen atoms in total. The number of aliphatic hydroxyl groups excluding tert-OH is 1. The summed E-state index contributed by atoms with van der Waals surface area (Å²) in [6.07, 6.45) is 0.689. The van der Waals surface area contributed by atoms with E-state index in [4.69, 9.17) is 0 Å². The third-order valence-corrected chi connectivity index (χ3v) is 5.26. The van der Waals surface area contributed by atoms with Gasteiger partial charge in [0.25, 0.3) is 0 Å². The highest BCUT2D eigenvalue weighted by Crippen LogP contribution is 2.35.